The summed E-state index contributed by atoms with van der Waals surface area (Å²) in [6.45, 7) is 4.81. The molecule has 0 unspecified atom stereocenters. The van der Waals surface area contributed by atoms with Gasteiger partial charge in [0.15, 0.2) is 0 Å². The van der Waals surface area contributed by atoms with Crippen molar-refractivity contribution in [2.24, 2.45) is 0 Å². The molecule has 3 aromatic carbocycles. The van der Waals surface area contributed by atoms with E-state index >= 15 is 0 Å². The topological polar surface area (TPSA) is 24.5 Å². The Kier molecular flexibility index (Phi) is 5.83. The Labute approximate surface area is 161 Å². The zero-order valence-electron chi connectivity index (χ0n) is 15.6. The lowest BCUT2D eigenvalue weighted by molar-refractivity contribution is 0.198. The molecular formula is C24H26N2O. The SMILES string of the molecule is c1ccc(COc2ccc([C@@H](c3ccccc3)N3CCNCC3)cc2)cc1. The smallest absolute Gasteiger partial charge is 0.119 e. The van der Waals surface area contributed by atoms with Crippen molar-refractivity contribution in [2.45, 2.75) is 12.6 Å². The van der Waals surface area contributed by atoms with Gasteiger partial charge >= 0.3 is 0 Å². The lowest BCUT2D eigenvalue weighted by Gasteiger charge is -2.35. The van der Waals surface area contributed by atoms with E-state index in [0.29, 0.717) is 6.61 Å². The second-order valence-electron chi connectivity index (χ2n) is 6.94. The highest BCUT2D eigenvalue weighted by Crippen LogP contribution is 2.30. The maximum Gasteiger partial charge on any atom is 0.119 e. The number of nitrogens with one attached hydrogen (secondary N) is 1. The molecule has 3 heteroatoms. The molecule has 1 fully saturated rings. The first-order valence-corrected chi connectivity index (χ1v) is 9.66. The van der Waals surface area contributed by atoms with Gasteiger partial charge in [0.2, 0.25) is 0 Å². The largest absolute Gasteiger partial charge is 0.489 e. The van der Waals surface area contributed by atoms with Gasteiger partial charge in [-0.3, -0.25) is 4.90 Å². The molecule has 1 saturated heterocycles. The number of rotatable bonds is 6. The quantitative estimate of drug-likeness (QED) is 0.712. The number of hydrogen-bond acceptors (Lipinski definition) is 3. The van der Waals surface area contributed by atoms with E-state index in [1.54, 1.807) is 0 Å². The van der Waals surface area contributed by atoms with Crippen LogP contribution < -0.4 is 10.1 Å². The minimum Gasteiger partial charge on any atom is -0.489 e. The van der Waals surface area contributed by atoms with E-state index in [2.05, 4.69) is 76.9 Å². The molecule has 0 spiro atoms. The molecule has 1 aliphatic rings. The van der Waals surface area contributed by atoms with E-state index in [1.807, 2.05) is 18.2 Å². The van der Waals surface area contributed by atoms with Crippen molar-refractivity contribution in [3.63, 3.8) is 0 Å². The zero-order valence-corrected chi connectivity index (χ0v) is 15.6. The molecule has 0 bridgehead atoms. The molecule has 4 rings (SSSR count). The van der Waals surface area contributed by atoms with Crippen LogP contribution in [0.3, 0.4) is 0 Å². The van der Waals surface area contributed by atoms with E-state index in [9.17, 15) is 0 Å². The van der Waals surface area contributed by atoms with Gasteiger partial charge in [-0.15, -0.1) is 0 Å². The molecule has 3 aromatic rings. The fraction of sp³-hybridized carbons (Fsp3) is 0.250. The molecule has 1 N–H and O–H groups in total. The van der Waals surface area contributed by atoms with Gasteiger partial charge in [0.1, 0.15) is 12.4 Å². The van der Waals surface area contributed by atoms with Gasteiger partial charge in [0.25, 0.3) is 0 Å². The number of nitrogens with zero attached hydrogens (tertiary/aromatic N) is 1. The number of benzene rings is 3. The van der Waals surface area contributed by atoms with Crippen LogP contribution in [-0.2, 0) is 6.61 Å². The summed E-state index contributed by atoms with van der Waals surface area (Å²) in [6.07, 6.45) is 0. The Morgan fingerprint density at radius 1 is 0.741 bits per heavy atom. The van der Waals surface area contributed by atoms with Crippen molar-refractivity contribution >= 4 is 0 Å². The standard InChI is InChI=1S/C24H26N2O/c1-3-7-20(8-4-1)19-27-23-13-11-22(12-14-23)24(21-9-5-2-6-10-21)26-17-15-25-16-18-26/h1-14,24-25H,15-19H2/t24-/m1/s1. The van der Waals surface area contributed by atoms with Crippen molar-refractivity contribution in [1.29, 1.82) is 0 Å². The van der Waals surface area contributed by atoms with Gasteiger partial charge in [-0.25, -0.2) is 0 Å². The van der Waals surface area contributed by atoms with Crippen LogP contribution >= 0.6 is 0 Å². The number of piperazine rings is 1. The summed E-state index contributed by atoms with van der Waals surface area (Å²) in [5, 5.41) is 3.45. The van der Waals surface area contributed by atoms with Crippen LogP contribution in [0.5, 0.6) is 5.75 Å². The highest BCUT2D eigenvalue weighted by molar-refractivity contribution is 5.36. The van der Waals surface area contributed by atoms with Crippen molar-refractivity contribution in [3.8, 4) is 5.75 Å². The van der Waals surface area contributed by atoms with E-state index < -0.39 is 0 Å². The van der Waals surface area contributed by atoms with Gasteiger partial charge in [-0.05, 0) is 28.8 Å². The number of hydrogen-bond donors (Lipinski definition) is 1. The summed E-state index contributed by atoms with van der Waals surface area (Å²) in [4.78, 5) is 2.56. The third kappa shape index (κ3) is 4.57. The molecular weight excluding hydrogens is 332 g/mol. The Morgan fingerprint density at radius 3 is 2.00 bits per heavy atom. The third-order valence-electron chi connectivity index (χ3n) is 5.08. The third-order valence-corrected chi connectivity index (χ3v) is 5.08. The fourth-order valence-corrected chi connectivity index (χ4v) is 3.68. The van der Waals surface area contributed by atoms with Crippen LogP contribution in [-0.4, -0.2) is 31.1 Å². The molecule has 1 atom stereocenters. The summed E-state index contributed by atoms with van der Waals surface area (Å²) in [7, 11) is 0. The predicted octanol–water partition coefficient (Wildman–Crippen LogP) is 4.26. The summed E-state index contributed by atoms with van der Waals surface area (Å²) in [5.74, 6) is 0.912. The number of ether oxygens (including phenoxy) is 1. The lowest BCUT2D eigenvalue weighted by atomic mass is 9.96. The first kappa shape index (κ1) is 17.8. The van der Waals surface area contributed by atoms with E-state index in [-0.39, 0.29) is 6.04 Å². The van der Waals surface area contributed by atoms with E-state index in [4.69, 9.17) is 4.74 Å². The molecule has 0 amide bonds. The van der Waals surface area contributed by atoms with E-state index in [0.717, 1.165) is 31.9 Å². The molecule has 138 valence electrons. The van der Waals surface area contributed by atoms with Crippen LogP contribution in [0.25, 0.3) is 0 Å². The van der Waals surface area contributed by atoms with Crippen LogP contribution in [0.15, 0.2) is 84.9 Å². The fourth-order valence-electron chi connectivity index (χ4n) is 3.68. The highest BCUT2D eigenvalue weighted by Gasteiger charge is 2.23. The van der Waals surface area contributed by atoms with Gasteiger partial charge in [0.05, 0.1) is 6.04 Å². The van der Waals surface area contributed by atoms with Crippen molar-refractivity contribution in [3.05, 3.63) is 102 Å². The maximum absolute atomic E-state index is 5.95. The van der Waals surface area contributed by atoms with Gasteiger partial charge < -0.3 is 10.1 Å². The molecule has 0 aliphatic carbocycles. The van der Waals surface area contributed by atoms with Crippen LogP contribution in [0.1, 0.15) is 22.7 Å². The summed E-state index contributed by atoms with van der Waals surface area (Å²) >= 11 is 0. The normalized spacial score (nSPS) is 16.0. The van der Waals surface area contributed by atoms with Crippen molar-refractivity contribution in [1.82, 2.24) is 10.2 Å². The summed E-state index contributed by atoms with van der Waals surface area (Å²) < 4.78 is 5.95. The molecule has 27 heavy (non-hydrogen) atoms. The van der Waals surface area contributed by atoms with Crippen molar-refractivity contribution < 1.29 is 4.74 Å². The van der Waals surface area contributed by atoms with Gasteiger partial charge in [-0.1, -0.05) is 72.8 Å². The zero-order chi connectivity index (χ0) is 18.3. The second-order valence-corrected chi connectivity index (χ2v) is 6.94. The Balaban J connectivity index is 1.51. The highest BCUT2D eigenvalue weighted by atomic mass is 16.5. The first-order chi connectivity index (χ1) is 13.4. The Morgan fingerprint density at radius 2 is 1.33 bits per heavy atom. The van der Waals surface area contributed by atoms with Crippen LogP contribution in [0.4, 0.5) is 0 Å². The second kappa shape index (κ2) is 8.85. The van der Waals surface area contributed by atoms with Crippen LogP contribution in [0, 0.1) is 0 Å². The molecule has 0 aromatic heterocycles. The lowest BCUT2D eigenvalue weighted by Crippen LogP contribution is -2.45. The molecule has 1 aliphatic heterocycles. The predicted molar refractivity (Wildman–Crippen MR) is 110 cm³/mol. The first-order valence-electron chi connectivity index (χ1n) is 9.66. The monoisotopic (exact) mass is 358 g/mol. The molecule has 0 saturated carbocycles. The van der Waals surface area contributed by atoms with Gasteiger partial charge in [-0.2, -0.15) is 0 Å². The molecule has 3 nitrogen and oxygen atoms in total. The van der Waals surface area contributed by atoms with Gasteiger partial charge in [0, 0.05) is 26.2 Å². The minimum atomic E-state index is 0.288. The Hall–Kier alpha value is -2.62. The van der Waals surface area contributed by atoms with Crippen molar-refractivity contribution in [2.75, 3.05) is 26.2 Å². The summed E-state index contributed by atoms with van der Waals surface area (Å²) in [5.41, 5.74) is 3.84. The average Bonchev–Trinajstić information content (AvgIpc) is 2.76. The maximum atomic E-state index is 5.95. The molecule has 0 radical (unpaired) electrons. The van der Waals surface area contributed by atoms with Crippen LogP contribution in [0.2, 0.25) is 0 Å². The molecule has 1 heterocycles. The Bertz CT molecular complexity index is 812. The minimum absolute atomic E-state index is 0.288. The average molecular weight is 358 g/mol. The van der Waals surface area contributed by atoms with E-state index in [1.165, 1.54) is 16.7 Å². The summed E-state index contributed by atoms with van der Waals surface area (Å²) in [6, 6.07) is 30.0.